The van der Waals surface area contributed by atoms with Crippen molar-refractivity contribution in [1.82, 2.24) is 0 Å². The van der Waals surface area contributed by atoms with E-state index in [4.69, 9.17) is 0 Å². The lowest BCUT2D eigenvalue weighted by atomic mass is 10.00. The summed E-state index contributed by atoms with van der Waals surface area (Å²) in [5.41, 5.74) is 2.32. The molecule has 3 heteroatoms. The monoisotopic (exact) mass is 186 g/mol. The zero-order valence-electron chi connectivity index (χ0n) is 7.84. The largest absolute Gasteiger partial charge is 0.366 e. The zero-order chi connectivity index (χ0) is 9.97. The number of rotatable bonds is 1. The molecule has 2 amide bonds. The van der Waals surface area contributed by atoms with Gasteiger partial charge in [-0.25, -0.2) is 14.8 Å². The first-order valence-corrected chi connectivity index (χ1v) is 4.44. The summed E-state index contributed by atoms with van der Waals surface area (Å²) < 4.78 is 0. The minimum Gasteiger partial charge on any atom is -0.244 e. The number of aryl methyl sites for hydroxylation is 1. The fourth-order valence-corrected chi connectivity index (χ4v) is 1.32. The number of hydrogen-bond donors (Lipinski definition) is 0. The molecular weight excluding hydrogens is 176 g/mol. The molecule has 0 spiro atoms. The van der Waals surface area contributed by atoms with Crippen LogP contribution in [0.5, 0.6) is 0 Å². The standard InChI is InChI=1S/C11H10N2O/c1-8-2-4-9(5-3-8)10-6-12-11(14)13-7-10/h2-7,10H,1H3. The van der Waals surface area contributed by atoms with Gasteiger partial charge in [0.1, 0.15) is 0 Å². The van der Waals surface area contributed by atoms with E-state index in [0.717, 1.165) is 5.56 Å². The molecule has 0 aliphatic carbocycles. The van der Waals surface area contributed by atoms with Crippen LogP contribution >= 0.6 is 0 Å². The molecule has 1 aliphatic rings. The van der Waals surface area contributed by atoms with Gasteiger partial charge in [-0.3, -0.25) is 0 Å². The van der Waals surface area contributed by atoms with Crippen LogP contribution in [0.2, 0.25) is 0 Å². The van der Waals surface area contributed by atoms with E-state index in [0.29, 0.717) is 0 Å². The fraction of sp³-hybridized carbons (Fsp3) is 0.182. The van der Waals surface area contributed by atoms with E-state index in [1.807, 2.05) is 31.2 Å². The second-order valence-corrected chi connectivity index (χ2v) is 3.28. The van der Waals surface area contributed by atoms with Gasteiger partial charge in [-0.05, 0) is 12.5 Å². The van der Waals surface area contributed by atoms with Crippen molar-refractivity contribution in [1.29, 1.82) is 0 Å². The van der Waals surface area contributed by atoms with Crippen molar-refractivity contribution in [2.24, 2.45) is 9.98 Å². The third-order valence-corrected chi connectivity index (χ3v) is 2.15. The van der Waals surface area contributed by atoms with Gasteiger partial charge < -0.3 is 0 Å². The SMILES string of the molecule is Cc1ccc(C2C=NC(=O)N=C2)cc1. The lowest BCUT2D eigenvalue weighted by Crippen LogP contribution is -2.08. The summed E-state index contributed by atoms with van der Waals surface area (Å²) in [7, 11) is 0. The number of urea groups is 1. The quantitative estimate of drug-likeness (QED) is 0.663. The number of hydrogen-bond acceptors (Lipinski definition) is 1. The molecule has 0 unspecified atom stereocenters. The number of carbonyl (C=O) groups is 1. The molecule has 0 fully saturated rings. The van der Waals surface area contributed by atoms with Crippen LogP contribution in [0.4, 0.5) is 4.79 Å². The molecule has 1 aromatic rings. The minimum atomic E-state index is -0.423. The Balaban J connectivity index is 2.24. The van der Waals surface area contributed by atoms with E-state index in [2.05, 4.69) is 9.98 Å². The predicted octanol–water partition coefficient (Wildman–Crippen LogP) is 2.35. The minimum absolute atomic E-state index is 0.0355. The average molecular weight is 186 g/mol. The van der Waals surface area contributed by atoms with E-state index in [9.17, 15) is 4.79 Å². The highest BCUT2D eigenvalue weighted by Gasteiger charge is 2.10. The molecule has 14 heavy (non-hydrogen) atoms. The van der Waals surface area contributed by atoms with Crippen molar-refractivity contribution >= 4 is 18.5 Å². The van der Waals surface area contributed by atoms with Crippen LogP contribution in [0.3, 0.4) is 0 Å². The molecule has 2 rings (SSSR count). The van der Waals surface area contributed by atoms with E-state index in [1.54, 1.807) is 12.4 Å². The second kappa shape index (κ2) is 3.54. The molecule has 0 saturated carbocycles. The molecule has 0 atom stereocenters. The van der Waals surface area contributed by atoms with Gasteiger partial charge in [-0.1, -0.05) is 29.8 Å². The van der Waals surface area contributed by atoms with E-state index < -0.39 is 6.03 Å². The Labute approximate surface area is 82.2 Å². The highest BCUT2D eigenvalue weighted by atomic mass is 16.2. The maximum absolute atomic E-state index is 10.7. The molecule has 1 aromatic carbocycles. The first-order chi connectivity index (χ1) is 6.75. The maximum Gasteiger partial charge on any atom is 0.366 e. The Hall–Kier alpha value is -1.77. The Bertz CT molecular complexity index is 388. The molecule has 70 valence electrons. The van der Waals surface area contributed by atoms with Crippen LogP contribution in [0, 0.1) is 6.92 Å². The fourth-order valence-electron chi connectivity index (χ4n) is 1.32. The Morgan fingerprint density at radius 3 is 2.21 bits per heavy atom. The van der Waals surface area contributed by atoms with Crippen molar-refractivity contribution in [3.05, 3.63) is 35.4 Å². The van der Waals surface area contributed by atoms with Gasteiger partial charge in [-0.2, -0.15) is 0 Å². The Morgan fingerprint density at radius 1 is 1.07 bits per heavy atom. The molecule has 0 bridgehead atoms. The van der Waals surface area contributed by atoms with Crippen molar-refractivity contribution in [3.8, 4) is 0 Å². The van der Waals surface area contributed by atoms with Crippen molar-refractivity contribution in [3.63, 3.8) is 0 Å². The van der Waals surface area contributed by atoms with Gasteiger partial charge in [0.05, 0.1) is 5.92 Å². The summed E-state index contributed by atoms with van der Waals surface area (Å²) >= 11 is 0. The van der Waals surface area contributed by atoms with Gasteiger partial charge >= 0.3 is 6.03 Å². The Kier molecular flexibility index (Phi) is 2.23. The van der Waals surface area contributed by atoms with Crippen molar-refractivity contribution in [2.75, 3.05) is 0 Å². The predicted molar refractivity (Wildman–Crippen MR) is 56.3 cm³/mol. The molecule has 1 heterocycles. The molecule has 0 radical (unpaired) electrons. The van der Waals surface area contributed by atoms with Crippen LogP contribution in [-0.4, -0.2) is 18.5 Å². The van der Waals surface area contributed by atoms with E-state index in [1.165, 1.54) is 5.56 Å². The van der Waals surface area contributed by atoms with E-state index in [-0.39, 0.29) is 5.92 Å². The third kappa shape index (κ3) is 1.76. The van der Waals surface area contributed by atoms with Gasteiger partial charge in [0.25, 0.3) is 0 Å². The number of amides is 2. The zero-order valence-corrected chi connectivity index (χ0v) is 7.84. The van der Waals surface area contributed by atoms with Gasteiger partial charge in [0, 0.05) is 12.4 Å². The number of carbonyl (C=O) groups excluding carboxylic acids is 1. The van der Waals surface area contributed by atoms with Crippen molar-refractivity contribution < 1.29 is 4.79 Å². The highest BCUT2D eigenvalue weighted by Crippen LogP contribution is 2.14. The normalized spacial score (nSPS) is 16.2. The van der Waals surface area contributed by atoms with Crippen LogP contribution in [0.25, 0.3) is 0 Å². The molecule has 1 aliphatic heterocycles. The highest BCUT2D eigenvalue weighted by molar-refractivity contribution is 6.03. The summed E-state index contributed by atoms with van der Waals surface area (Å²) in [6, 6.07) is 7.69. The third-order valence-electron chi connectivity index (χ3n) is 2.15. The van der Waals surface area contributed by atoms with Crippen LogP contribution < -0.4 is 0 Å². The van der Waals surface area contributed by atoms with Gasteiger partial charge in [-0.15, -0.1) is 0 Å². The second-order valence-electron chi connectivity index (χ2n) is 3.28. The number of benzene rings is 1. The smallest absolute Gasteiger partial charge is 0.244 e. The first-order valence-electron chi connectivity index (χ1n) is 4.44. The molecule has 0 aromatic heterocycles. The lowest BCUT2D eigenvalue weighted by Gasteiger charge is -2.08. The summed E-state index contributed by atoms with van der Waals surface area (Å²) in [5.74, 6) is 0.0355. The topological polar surface area (TPSA) is 41.8 Å². The first kappa shape index (κ1) is 8.81. The molecular formula is C11H10N2O. The number of aliphatic imine (C=N–C) groups is 2. The average Bonchev–Trinajstić information content (AvgIpc) is 2.21. The van der Waals surface area contributed by atoms with Crippen molar-refractivity contribution in [2.45, 2.75) is 12.8 Å². The maximum atomic E-state index is 10.7. The number of nitrogens with zero attached hydrogens (tertiary/aromatic N) is 2. The summed E-state index contributed by atoms with van der Waals surface area (Å²) in [5, 5.41) is 0. The molecule has 0 N–H and O–H groups in total. The van der Waals surface area contributed by atoms with Crippen LogP contribution in [0.1, 0.15) is 17.0 Å². The summed E-state index contributed by atoms with van der Waals surface area (Å²) in [6.45, 7) is 2.04. The summed E-state index contributed by atoms with van der Waals surface area (Å²) in [4.78, 5) is 18.0. The summed E-state index contributed by atoms with van der Waals surface area (Å²) in [6.07, 6.45) is 3.25. The van der Waals surface area contributed by atoms with Gasteiger partial charge in [0.15, 0.2) is 0 Å². The van der Waals surface area contributed by atoms with Crippen LogP contribution in [0.15, 0.2) is 34.3 Å². The Morgan fingerprint density at radius 2 is 1.64 bits per heavy atom. The molecule has 3 nitrogen and oxygen atoms in total. The van der Waals surface area contributed by atoms with Gasteiger partial charge in [0.2, 0.25) is 0 Å². The molecule has 0 saturated heterocycles. The lowest BCUT2D eigenvalue weighted by molar-refractivity contribution is 0.257. The van der Waals surface area contributed by atoms with Crippen LogP contribution in [-0.2, 0) is 0 Å². The van der Waals surface area contributed by atoms with E-state index >= 15 is 0 Å².